The molecule has 88 valence electrons. The summed E-state index contributed by atoms with van der Waals surface area (Å²) in [5.74, 6) is 0.794. The minimum Gasteiger partial charge on any atom is -0.436 e. The highest BCUT2D eigenvalue weighted by atomic mass is 16.4. The minimum atomic E-state index is -0.0896. The first-order valence-electron chi connectivity index (χ1n) is 5.57. The Balaban J connectivity index is 2.15. The van der Waals surface area contributed by atoms with Gasteiger partial charge in [-0.25, -0.2) is 4.98 Å². The number of aromatic nitrogens is 1. The maximum atomic E-state index is 12.1. The second kappa shape index (κ2) is 4.25. The number of amides is 1. The van der Waals surface area contributed by atoms with Crippen LogP contribution in [0, 0.1) is 13.8 Å². The van der Waals surface area contributed by atoms with Gasteiger partial charge in [0.1, 0.15) is 0 Å². The standard InChI is InChI=1S/C11H17N3O2/c1-7-10(16-8(2)13-7)11(15)14-5-3-4-9(12)6-14/h9H,3-6,12H2,1-2H3. The molecule has 0 aliphatic carbocycles. The predicted octanol–water partition coefficient (Wildman–Crippen LogP) is 0.855. The molecule has 1 aliphatic heterocycles. The Kier molecular flexibility index (Phi) is 2.96. The van der Waals surface area contributed by atoms with E-state index in [-0.39, 0.29) is 11.9 Å². The van der Waals surface area contributed by atoms with Crippen LogP contribution in [0.2, 0.25) is 0 Å². The fourth-order valence-corrected chi connectivity index (χ4v) is 2.07. The summed E-state index contributed by atoms with van der Waals surface area (Å²) < 4.78 is 5.32. The van der Waals surface area contributed by atoms with Crippen molar-refractivity contribution in [3.63, 3.8) is 0 Å². The van der Waals surface area contributed by atoms with E-state index in [1.807, 2.05) is 0 Å². The van der Waals surface area contributed by atoms with E-state index in [0.717, 1.165) is 19.4 Å². The Morgan fingerprint density at radius 1 is 1.56 bits per heavy atom. The van der Waals surface area contributed by atoms with E-state index >= 15 is 0 Å². The fourth-order valence-electron chi connectivity index (χ4n) is 2.07. The summed E-state index contributed by atoms with van der Waals surface area (Å²) in [6, 6.07) is 0.0852. The van der Waals surface area contributed by atoms with Crippen LogP contribution >= 0.6 is 0 Å². The summed E-state index contributed by atoms with van der Waals surface area (Å²) in [7, 11) is 0. The molecule has 16 heavy (non-hydrogen) atoms. The van der Waals surface area contributed by atoms with Gasteiger partial charge in [0.05, 0.1) is 5.69 Å². The smallest absolute Gasteiger partial charge is 0.291 e. The molecule has 1 atom stereocenters. The van der Waals surface area contributed by atoms with Gasteiger partial charge in [-0.05, 0) is 19.8 Å². The maximum Gasteiger partial charge on any atom is 0.291 e. The third-order valence-corrected chi connectivity index (χ3v) is 2.84. The van der Waals surface area contributed by atoms with Gasteiger partial charge < -0.3 is 15.1 Å². The molecule has 0 bridgehead atoms. The van der Waals surface area contributed by atoms with E-state index in [1.165, 1.54) is 0 Å². The van der Waals surface area contributed by atoms with Gasteiger partial charge in [-0.3, -0.25) is 4.79 Å². The van der Waals surface area contributed by atoms with Crippen molar-refractivity contribution < 1.29 is 9.21 Å². The summed E-state index contributed by atoms with van der Waals surface area (Å²) in [5.41, 5.74) is 6.50. The third kappa shape index (κ3) is 2.09. The highest BCUT2D eigenvalue weighted by Gasteiger charge is 2.26. The molecule has 1 unspecified atom stereocenters. The first-order chi connectivity index (χ1) is 7.58. The van der Waals surface area contributed by atoms with Gasteiger partial charge in [0, 0.05) is 26.1 Å². The van der Waals surface area contributed by atoms with Gasteiger partial charge in [0.2, 0.25) is 5.76 Å². The molecule has 1 aromatic heterocycles. The highest BCUT2D eigenvalue weighted by molar-refractivity contribution is 5.92. The molecule has 1 aromatic rings. The summed E-state index contributed by atoms with van der Waals surface area (Å²) in [6.07, 6.45) is 1.94. The lowest BCUT2D eigenvalue weighted by atomic mass is 10.1. The van der Waals surface area contributed by atoms with Gasteiger partial charge in [-0.2, -0.15) is 0 Å². The lowest BCUT2D eigenvalue weighted by Crippen LogP contribution is -2.45. The van der Waals surface area contributed by atoms with E-state index in [2.05, 4.69) is 4.98 Å². The Morgan fingerprint density at radius 2 is 2.31 bits per heavy atom. The number of piperidine rings is 1. The Hall–Kier alpha value is -1.36. The average molecular weight is 223 g/mol. The average Bonchev–Trinajstić information content (AvgIpc) is 2.57. The van der Waals surface area contributed by atoms with E-state index in [1.54, 1.807) is 18.7 Å². The van der Waals surface area contributed by atoms with Gasteiger partial charge in [-0.15, -0.1) is 0 Å². The zero-order chi connectivity index (χ0) is 11.7. The van der Waals surface area contributed by atoms with Gasteiger partial charge in [0.15, 0.2) is 5.89 Å². The van der Waals surface area contributed by atoms with Crippen LogP contribution in [0.1, 0.15) is 35.0 Å². The van der Waals surface area contributed by atoms with Gasteiger partial charge in [-0.1, -0.05) is 0 Å². The zero-order valence-corrected chi connectivity index (χ0v) is 9.69. The van der Waals surface area contributed by atoms with Crippen molar-refractivity contribution in [1.29, 1.82) is 0 Å². The Labute approximate surface area is 94.6 Å². The van der Waals surface area contributed by atoms with Gasteiger partial charge >= 0.3 is 0 Å². The molecule has 1 fully saturated rings. The van der Waals surface area contributed by atoms with Crippen LogP contribution < -0.4 is 5.73 Å². The van der Waals surface area contributed by atoms with Crippen molar-refractivity contribution in [2.75, 3.05) is 13.1 Å². The number of carbonyl (C=O) groups excluding carboxylic acids is 1. The first-order valence-corrected chi connectivity index (χ1v) is 5.57. The molecule has 0 radical (unpaired) electrons. The molecular weight excluding hydrogens is 206 g/mol. The van der Waals surface area contributed by atoms with Crippen LogP contribution in [0.3, 0.4) is 0 Å². The SMILES string of the molecule is Cc1nc(C)c(C(=O)N2CCCC(N)C2)o1. The van der Waals surface area contributed by atoms with Crippen molar-refractivity contribution in [2.24, 2.45) is 5.73 Å². The lowest BCUT2D eigenvalue weighted by molar-refractivity contribution is 0.0674. The van der Waals surface area contributed by atoms with Crippen LogP contribution in [-0.4, -0.2) is 34.9 Å². The Bertz CT molecular complexity index is 400. The lowest BCUT2D eigenvalue weighted by Gasteiger charge is -2.30. The summed E-state index contributed by atoms with van der Waals surface area (Å²) >= 11 is 0. The molecule has 5 nitrogen and oxygen atoms in total. The van der Waals surface area contributed by atoms with Crippen LogP contribution in [0.5, 0.6) is 0 Å². The number of aryl methyl sites for hydroxylation is 2. The number of hydrogen-bond donors (Lipinski definition) is 1. The fraction of sp³-hybridized carbons (Fsp3) is 0.636. The van der Waals surface area contributed by atoms with Crippen LogP contribution in [-0.2, 0) is 0 Å². The summed E-state index contributed by atoms with van der Waals surface area (Å²) in [5, 5.41) is 0. The number of nitrogens with zero attached hydrogens (tertiary/aromatic N) is 2. The van der Waals surface area contributed by atoms with E-state index < -0.39 is 0 Å². The monoisotopic (exact) mass is 223 g/mol. The second-order valence-corrected chi connectivity index (χ2v) is 4.30. The molecule has 0 spiro atoms. The molecule has 2 N–H and O–H groups in total. The van der Waals surface area contributed by atoms with Crippen molar-refractivity contribution in [3.05, 3.63) is 17.3 Å². The highest BCUT2D eigenvalue weighted by Crippen LogP contribution is 2.16. The molecule has 2 heterocycles. The number of nitrogens with two attached hydrogens (primary N) is 1. The molecule has 1 saturated heterocycles. The second-order valence-electron chi connectivity index (χ2n) is 4.30. The quantitative estimate of drug-likeness (QED) is 0.766. The van der Waals surface area contributed by atoms with Crippen LogP contribution in [0.15, 0.2) is 4.42 Å². The topological polar surface area (TPSA) is 72.4 Å². The van der Waals surface area contributed by atoms with E-state index in [9.17, 15) is 4.79 Å². The number of rotatable bonds is 1. The summed E-state index contributed by atoms with van der Waals surface area (Å²) in [4.78, 5) is 18.0. The van der Waals surface area contributed by atoms with Crippen molar-refractivity contribution in [1.82, 2.24) is 9.88 Å². The van der Waals surface area contributed by atoms with Crippen LogP contribution in [0.25, 0.3) is 0 Å². The summed E-state index contributed by atoms with van der Waals surface area (Å²) in [6.45, 7) is 4.89. The number of likely N-dealkylation sites (tertiary alicyclic amines) is 1. The van der Waals surface area contributed by atoms with Crippen molar-refractivity contribution in [2.45, 2.75) is 32.7 Å². The maximum absolute atomic E-state index is 12.1. The number of oxazole rings is 1. The van der Waals surface area contributed by atoms with E-state index in [0.29, 0.717) is 23.9 Å². The van der Waals surface area contributed by atoms with E-state index in [4.69, 9.17) is 10.2 Å². The molecule has 0 aromatic carbocycles. The first kappa shape index (κ1) is 11.1. The molecule has 0 saturated carbocycles. The third-order valence-electron chi connectivity index (χ3n) is 2.84. The number of carbonyl (C=O) groups is 1. The Morgan fingerprint density at radius 3 is 2.88 bits per heavy atom. The largest absolute Gasteiger partial charge is 0.436 e. The van der Waals surface area contributed by atoms with Crippen LogP contribution in [0.4, 0.5) is 0 Å². The van der Waals surface area contributed by atoms with Crippen molar-refractivity contribution in [3.8, 4) is 0 Å². The molecular formula is C11H17N3O2. The zero-order valence-electron chi connectivity index (χ0n) is 9.69. The number of hydrogen-bond acceptors (Lipinski definition) is 4. The molecule has 2 rings (SSSR count). The molecule has 1 amide bonds. The minimum absolute atomic E-state index is 0.0852. The van der Waals surface area contributed by atoms with Crippen molar-refractivity contribution >= 4 is 5.91 Å². The predicted molar refractivity (Wildman–Crippen MR) is 59.1 cm³/mol. The molecule has 5 heteroatoms. The van der Waals surface area contributed by atoms with Gasteiger partial charge in [0.25, 0.3) is 5.91 Å². The molecule has 1 aliphatic rings. The normalized spacial score (nSPS) is 21.2.